The van der Waals surface area contributed by atoms with Gasteiger partial charge in [0.2, 0.25) is 11.8 Å². The summed E-state index contributed by atoms with van der Waals surface area (Å²) >= 11 is 0. The van der Waals surface area contributed by atoms with Crippen LogP contribution in [-0.4, -0.2) is 71.4 Å². The number of rotatable bonds is 10. The SMILES string of the molecule is COC(=O)C1(Cc2nn3cc([C@@H](NC(=O)OCc4ccccc4)C4CCC(F)(F)CC4)nc3cc2N(C)C2CC2)C[C@@H](C(F)(F)F)CNC1=O. The molecular formula is C34H39F5N6O5. The summed E-state index contributed by atoms with van der Waals surface area (Å²) in [6.45, 7) is -0.678. The number of carbonyl (C=O) groups is 3. The highest BCUT2D eigenvalue weighted by Crippen LogP contribution is 2.44. The number of benzene rings is 1. The number of anilines is 1. The van der Waals surface area contributed by atoms with E-state index in [1.54, 1.807) is 37.4 Å². The molecule has 2 amide bonds. The molecule has 2 aliphatic carbocycles. The molecule has 11 nitrogen and oxygen atoms in total. The van der Waals surface area contributed by atoms with Gasteiger partial charge in [0.1, 0.15) is 6.61 Å². The van der Waals surface area contributed by atoms with Gasteiger partial charge in [0.15, 0.2) is 11.1 Å². The molecule has 50 heavy (non-hydrogen) atoms. The van der Waals surface area contributed by atoms with Crippen LogP contribution in [0.5, 0.6) is 0 Å². The number of methoxy groups -OCH3 is 1. The largest absolute Gasteiger partial charge is 0.468 e. The Morgan fingerprint density at radius 2 is 1.84 bits per heavy atom. The van der Waals surface area contributed by atoms with Gasteiger partial charge in [-0.1, -0.05) is 30.3 Å². The molecule has 0 radical (unpaired) electrons. The minimum atomic E-state index is -4.68. The van der Waals surface area contributed by atoms with Crippen molar-refractivity contribution in [2.75, 3.05) is 25.6 Å². The predicted molar refractivity (Wildman–Crippen MR) is 169 cm³/mol. The number of esters is 1. The molecule has 1 saturated heterocycles. The van der Waals surface area contributed by atoms with E-state index in [2.05, 4.69) is 15.7 Å². The topological polar surface area (TPSA) is 127 Å². The number of ether oxygens (including phenoxy) is 2. The van der Waals surface area contributed by atoms with Gasteiger partial charge in [0.05, 0.1) is 42.3 Å². The van der Waals surface area contributed by atoms with Crippen molar-refractivity contribution in [1.82, 2.24) is 25.2 Å². The number of imidazole rings is 1. The Bertz CT molecular complexity index is 1710. The van der Waals surface area contributed by atoms with Crippen LogP contribution < -0.4 is 15.5 Å². The fourth-order valence-corrected chi connectivity index (χ4v) is 7.01. The molecule has 1 aliphatic heterocycles. The molecule has 2 N–H and O–H groups in total. The van der Waals surface area contributed by atoms with Crippen molar-refractivity contribution in [1.29, 1.82) is 0 Å². The van der Waals surface area contributed by atoms with Crippen LogP contribution in [0.3, 0.4) is 0 Å². The minimum Gasteiger partial charge on any atom is -0.468 e. The van der Waals surface area contributed by atoms with Gasteiger partial charge in [-0.3, -0.25) is 9.59 Å². The van der Waals surface area contributed by atoms with Gasteiger partial charge in [0.25, 0.3) is 0 Å². The first-order valence-corrected chi connectivity index (χ1v) is 16.6. The molecule has 0 spiro atoms. The van der Waals surface area contributed by atoms with Crippen LogP contribution in [0.4, 0.5) is 32.4 Å². The Morgan fingerprint density at radius 3 is 2.48 bits per heavy atom. The van der Waals surface area contributed by atoms with Crippen molar-refractivity contribution in [3.8, 4) is 0 Å². The van der Waals surface area contributed by atoms with Crippen molar-refractivity contribution < 1.29 is 45.8 Å². The molecule has 2 saturated carbocycles. The Labute approximate surface area is 284 Å². The maximum absolute atomic E-state index is 14.2. The van der Waals surface area contributed by atoms with Crippen molar-refractivity contribution in [2.24, 2.45) is 17.3 Å². The van der Waals surface area contributed by atoms with Gasteiger partial charge < -0.3 is 25.0 Å². The number of fused-ring (bicyclic) bond motifs is 1. The minimum absolute atomic E-state index is 0.0141. The molecule has 3 fully saturated rings. The molecule has 3 heterocycles. The third kappa shape index (κ3) is 7.48. The second-order valence-corrected chi connectivity index (χ2v) is 13.6. The summed E-state index contributed by atoms with van der Waals surface area (Å²) in [5.74, 6) is -7.21. The second-order valence-electron chi connectivity index (χ2n) is 13.6. The summed E-state index contributed by atoms with van der Waals surface area (Å²) in [5.41, 5.74) is -0.195. The van der Waals surface area contributed by atoms with Crippen molar-refractivity contribution in [3.63, 3.8) is 0 Å². The number of nitrogens with one attached hydrogen (secondary N) is 2. The lowest BCUT2D eigenvalue weighted by atomic mass is 9.72. The summed E-state index contributed by atoms with van der Waals surface area (Å²) in [6, 6.07) is 9.95. The van der Waals surface area contributed by atoms with Gasteiger partial charge in [0, 0.05) is 45.0 Å². The number of alkyl halides is 5. The van der Waals surface area contributed by atoms with Gasteiger partial charge in [-0.05, 0) is 43.6 Å². The van der Waals surface area contributed by atoms with Crippen LogP contribution in [0.1, 0.15) is 67.9 Å². The average molecular weight is 707 g/mol. The first kappa shape index (κ1) is 35.3. The van der Waals surface area contributed by atoms with E-state index >= 15 is 0 Å². The molecule has 0 bridgehead atoms. The van der Waals surface area contributed by atoms with Gasteiger partial charge in [-0.2, -0.15) is 18.3 Å². The molecule has 6 rings (SSSR count). The zero-order valence-electron chi connectivity index (χ0n) is 27.6. The maximum Gasteiger partial charge on any atom is 0.408 e. The monoisotopic (exact) mass is 706 g/mol. The van der Waals surface area contributed by atoms with Crippen LogP contribution >= 0.6 is 0 Å². The number of carbonyl (C=O) groups excluding carboxylic acids is 3. The summed E-state index contributed by atoms with van der Waals surface area (Å²) < 4.78 is 81.8. The second kappa shape index (κ2) is 13.7. The molecule has 2 aromatic heterocycles. The summed E-state index contributed by atoms with van der Waals surface area (Å²) in [5, 5.41) is 9.77. The van der Waals surface area contributed by atoms with Crippen molar-refractivity contribution >= 4 is 29.3 Å². The van der Waals surface area contributed by atoms with Crippen molar-refractivity contribution in [3.05, 3.63) is 59.5 Å². The quantitative estimate of drug-likeness (QED) is 0.160. The molecule has 3 aromatic rings. The van der Waals surface area contributed by atoms with Crippen LogP contribution in [-0.2, 0) is 32.1 Å². The summed E-state index contributed by atoms with van der Waals surface area (Å²) in [7, 11) is 2.81. The number of aromatic nitrogens is 3. The molecule has 1 aromatic carbocycles. The molecule has 16 heteroatoms. The number of amides is 2. The number of hydrogen-bond donors (Lipinski definition) is 2. The molecule has 270 valence electrons. The number of halogens is 5. The number of alkyl carbamates (subject to hydrolysis) is 1. The first-order chi connectivity index (χ1) is 23.7. The summed E-state index contributed by atoms with van der Waals surface area (Å²) in [6.07, 6.45) is -4.05. The Hall–Kier alpha value is -4.50. The lowest BCUT2D eigenvalue weighted by Crippen LogP contribution is -2.57. The number of hydrogen-bond acceptors (Lipinski definition) is 8. The van der Waals surface area contributed by atoms with Gasteiger partial charge >= 0.3 is 18.2 Å². The van der Waals surface area contributed by atoms with Crippen molar-refractivity contribution in [2.45, 2.75) is 82.2 Å². The predicted octanol–water partition coefficient (Wildman–Crippen LogP) is 5.52. The zero-order valence-corrected chi connectivity index (χ0v) is 27.6. The third-order valence-electron chi connectivity index (χ3n) is 10.1. The van der Waals surface area contributed by atoms with Gasteiger partial charge in [-0.25, -0.2) is 23.1 Å². The maximum atomic E-state index is 14.2. The first-order valence-electron chi connectivity index (χ1n) is 16.6. The van der Waals surface area contributed by atoms with E-state index in [4.69, 9.17) is 14.5 Å². The van der Waals surface area contributed by atoms with Crippen LogP contribution in [0.25, 0.3) is 5.65 Å². The Morgan fingerprint density at radius 1 is 1.14 bits per heavy atom. The highest BCUT2D eigenvalue weighted by Gasteiger charge is 2.57. The van der Waals surface area contributed by atoms with E-state index in [9.17, 15) is 36.3 Å². The van der Waals surface area contributed by atoms with E-state index in [-0.39, 0.29) is 44.0 Å². The smallest absolute Gasteiger partial charge is 0.408 e. The standard InChI is InChI=1S/C34H39F5N6O5/c1-44(23-8-9-23)26-14-27-41-25(28(21-10-12-33(35,36)13-11-21)42-31(48)50-19-20-6-4-3-5-7-20)18-45(27)43-24(26)16-32(30(47)49-2)15-22(34(37,38)39)17-40-29(32)46/h3-7,14,18,21-23,28H,8-13,15-17,19H2,1-2H3,(H,40,46)(H,42,48)/t22-,28+,32?/m1/s1. The fourth-order valence-electron chi connectivity index (χ4n) is 7.01. The van der Waals surface area contributed by atoms with E-state index in [0.29, 0.717) is 17.0 Å². The summed E-state index contributed by atoms with van der Waals surface area (Å²) in [4.78, 5) is 46.2. The Balaban J connectivity index is 1.36. The van der Waals surface area contributed by atoms with E-state index < -0.39 is 72.7 Å². The average Bonchev–Trinajstić information content (AvgIpc) is 3.85. The van der Waals surface area contributed by atoms with Crippen LogP contribution in [0.15, 0.2) is 42.6 Å². The highest BCUT2D eigenvalue weighted by molar-refractivity contribution is 6.03. The van der Waals surface area contributed by atoms with Crippen LogP contribution in [0, 0.1) is 17.3 Å². The normalized spacial score (nSPS) is 23.2. The molecule has 3 aliphatic rings. The third-order valence-corrected chi connectivity index (χ3v) is 10.1. The molecular weight excluding hydrogens is 667 g/mol. The highest BCUT2D eigenvalue weighted by atomic mass is 19.4. The van der Waals surface area contributed by atoms with E-state index in [0.717, 1.165) is 25.5 Å². The molecule has 3 atom stereocenters. The number of piperidine rings is 1. The lowest BCUT2D eigenvalue weighted by molar-refractivity contribution is -0.195. The Kier molecular flexibility index (Phi) is 9.66. The molecule has 1 unspecified atom stereocenters. The van der Waals surface area contributed by atoms with Crippen LogP contribution in [0.2, 0.25) is 0 Å². The lowest BCUT2D eigenvalue weighted by Gasteiger charge is -2.38. The zero-order chi connectivity index (χ0) is 35.8. The fraction of sp³-hybridized carbons (Fsp3) is 0.559. The number of nitrogens with zero attached hydrogens (tertiary/aromatic N) is 4. The van der Waals surface area contributed by atoms with Gasteiger partial charge in [-0.15, -0.1) is 0 Å². The van der Waals surface area contributed by atoms with E-state index in [1.807, 2.05) is 11.0 Å². The van der Waals surface area contributed by atoms with E-state index in [1.165, 1.54) is 10.7 Å².